The van der Waals surface area contributed by atoms with Gasteiger partial charge >= 0.3 is 5.97 Å². The van der Waals surface area contributed by atoms with E-state index in [1.807, 2.05) is 13.8 Å². The number of nitrogens with zero attached hydrogens (tertiary/aromatic N) is 4. The van der Waals surface area contributed by atoms with Gasteiger partial charge in [-0.1, -0.05) is 20.3 Å². The lowest BCUT2D eigenvalue weighted by atomic mass is 10.0. The summed E-state index contributed by atoms with van der Waals surface area (Å²) in [5.41, 5.74) is 0. The van der Waals surface area contributed by atoms with Crippen molar-refractivity contribution in [3.05, 3.63) is 5.82 Å². The normalized spacial score (nSPS) is 30.4. The maximum Gasteiger partial charge on any atom is 0.305 e. The lowest BCUT2D eigenvalue weighted by Crippen LogP contribution is -2.22. The molecule has 1 N–H and O–H groups in total. The fraction of sp³-hybridized carbons (Fsp3) is 0.846. The Kier molecular flexibility index (Phi) is 3.03. The van der Waals surface area contributed by atoms with Gasteiger partial charge in [-0.05, 0) is 41.0 Å². The molecule has 0 aliphatic heterocycles. The Bertz CT molecular complexity index is 475. The molecule has 0 bridgehead atoms. The molecule has 0 radical (unpaired) electrons. The van der Waals surface area contributed by atoms with Crippen LogP contribution in [0.2, 0.25) is 0 Å². The number of carbonyl (C=O) groups is 1. The summed E-state index contributed by atoms with van der Waals surface area (Å²) in [6, 6.07) is -0.149. The second-order valence-corrected chi connectivity index (χ2v) is 6.18. The zero-order chi connectivity index (χ0) is 13.6. The molecule has 3 unspecified atom stereocenters. The SMILES string of the molecule is CC(C)C(CC(=O)O)n1nnnc1C1C2CCCC21. The monoisotopic (exact) mass is 264 g/mol. The van der Waals surface area contributed by atoms with E-state index >= 15 is 0 Å². The summed E-state index contributed by atoms with van der Waals surface area (Å²) in [7, 11) is 0. The van der Waals surface area contributed by atoms with Crippen LogP contribution in [0.5, 0.6) is 0 Å². The molecule has 0 spiro atoms. The molecular weight excluding hydrogens is 244 g/mol. The first-order valence-electron chi connectivity index (χ1n) is 7.09. The summed E-state index contributed by atoms with van der Waals surface area (Å²) >= 11 is 0. The number of carboxylic acid groups (broad SMARTS) is 1. The highest BCUT2D eigenvalue weighted by atomic mass is 16.4. The van der Waals surface area contributed by atoms with E-state index < -0.39 is 5.97 Å². The second kappa shape index (κ2) is 4.58. The summed E-state index contributed by atoms with van der Waals surface area (Å²) < 4.78 is 1.78. The number of aliphatic carboxylic acids is 1. The standard InChI is InChI=1S/C13H20N4O2/c1-7(2)10(6-11(18)19)17-13(14-15-16-17)12-8-4-3-5-9(8)12/h7-10,12H,3-6H2,1-2H3,(H,18,19). The highest BCUT2D eigenvalue weighted by Gasteiger charge is 2.56. The molecule has 1 aromatic rings. The zero-order valence-corrected chi connectivity index (χ0v) is 11.4. The quantitative estimate of drug-likeness (QED) is 0.877. The van der Waals surface area contributed by atoms with Gasteiger partial charge in [0.2, 0.25) is 0 Å². The Labute approximate surface area is 112 Å². The van der Waals surface area contributed by atoms with Gasteiger partial charge in [-0.15, -0.1) is 5.10 Å². The van der Waals surface area contributed by atoms with Crippen molar-refractivity contribution in [1.82, 2.24) is 20.2 Å². The minimum atomic E-state index is -0.795. The molecule has 1 heterocycles. The molecule has 2 fully saturated rings. The fourth-order valence-corrected chi connectivity index (χ4v) is 3.64. The summed E-state index contributed by atoms with van der Waals surface area (Å²) in [4.78, 5) is 11.0. The number of hydrogen-bond donors (Lipinski definition) is 1. The molecule has 104 valence electrons. The first-order chi connectivity index (χ1) is 9.09. The van der Waals surface area contributed by atoms with Crippen LogP contribution >= 0.6 is 0 Å². The number of rotatable bonds is 5. The minimum absolute atomic E-state index is 0.0811. The van der Waals surface area contributed by atoms with E-state index in [4.69, 9.17) is 5.11 Å². The predicted octanol–water partition coefficient (Wildman–Crippen LogP) is 1.86. The molecule has 2 saturated carbocycles. The average Bonchev–Trinajstić information content (AvgIpc) is 2.78. The third-order valence-electron chi connectivity index (χ3n) is 4.69. The number of fused-ring (bicyclic) bond motifs is 1. The predicted molar refractivity (Wildman–Crippen MR) is 67.5 cm³/mol. The molecule has 3 rings (SSSR count). The summed E-state index contributed by atoms with van der Waals surface area (Å²) in [5.74, 6) is 2.27. The molecule has 6 heteroatoms. The highest BCUT2D eigenvalue weighted by molar-refractivity contribution is 5.67. The lowest BCUT2D eigenvalue weighted by Gasteiger charge is -2.20. The average molecular weight is 264 g/mol. The van der Waals surface area contributed by atoms with E-state index in [1.165, 1.54) is 19.3 Å². The molecule has 0 saturated heterocycles. The van der Waals surface area contributed by atoms with Crippen LogP contribution in [0.25, 0.3) is 0 Å². The Morgan fingerprint density at radius 2 is 2.11 bits per heavy atom. The summed E-state index contributed by atoms with van der Waals surface area (Å²) in [6.45, 7) is 4.04. The number of carboxylic acids is 1. The largest absolute Gasteiger partial charge is 0.481 e. The lowest BCUT2D eigenvalue weighted by molar-refractivity contribution is -0.138. The van der Waals surface area contributed by atoms with Crippen LogP contribution in [-0.4, -0.2) is 31.3 Å². The summed E-state index contributed by atoms with van der Waals surface area (Å²) in [5, 5.41) is 21.1. The smallest absolute Gasteiger partial charge is 0.305 e. The van der Waals surface area contributed by atoms with E-state index in [-0.39, 0.29) is 18.4 Å². The number of tetrazole rings is 1. The van der Waals surface area contributed by atoms with Gasteiger partial charge in [0.15, 0.2) is 5.82 Å². The van der Waals surface area contributed by atoms with Gasteiger partial charge in [0.25, 0.3) is 0 Å². The van der Waals surface area contributed by atoms with E-state index in [0.717, 1.165) is 17.7 Å². The van der Waals surface area contributed by atoms with E-state index in [0.29, 0.717) is 5.92 Å². The van der Waals surface area contributed by atoms with Crippen molar-refractivity contribution in [2.75, 3.05) is 0 Å². The third kappa shape index (κ3) is 2.13. The zero-order valence-electron chi connectivity index (χ0n) is 11.4. The van der Waals surface area contributed by atoms with Crippen molar-refractivity contribution >= 4 is 5.97 Å². The van der Waals surface area contributed by atoms with Gasteiger partial charge in [0, 0.05) is 5.92 Å². The van der Waals surface area contributed by atoms with Crippen molar-refractivity contribution < 1.29 is 9.90 Å². The van der Waals surface area contributed by atoms with Crippen LogP contribution in [0, 0.1) is 17.8 Å². The second-order valence-electron chi connectivity index (χ2n) is 6.18. The summed E-state index contributed by atoms with van der Waals surface area (Å²) in [6.07, 6.45) is 3.94. The van der Waals surface area contributed by atoms with Crippen LogP contribution in [0.15, 0.2) is 0 Å². The van der Waals surface area contributed by atoms with Crippen molar-refractivity contribution in [1.29, 1.82) is 0 Å². The maximum absolute atomic E-state index is 11.0. The highest BCUT2D eigenvalue weighted by Crippen LogP contribution is 2.62. The molecule has 0 amide bonds. The first kappa shape index (κ1) is 12.6. The molecule has 0 aromatic carbocycles. The molecule has 6 nitrogen and oxygen atoms in total. The third-order valence-corrected chi connectivity index (χ3v) is 4.69. The number of hydrogen-bond acceptors (Lipinski definition) is 4. The topological polar surface area (TPSA) is 80.9 Å². The fourth-order valence-electron chi connectivity index (χ4n) is 3.64. The maximum atomic E-state index is 11.0. The van der Waals surface area contributed by atoms with Gasteiger partial charge in [-0.3, -0.25) is 4.79 Å². The molecule has 2 aliphatic rings. The molecule has 1 aromatic heterocycles. The van der Waals surface area contributed by atoms with Gasteiger partial charge in [-0.2, -0.15) is 0 Å². The van der Waals surface area contributed by atoms with Gasteiger partial charge < -0.3 is 5.11 Å². The van der Waals surface area contributed by atoms with Crippen molar-refractivity contribution in [3.63, 3.8) is 0 Å². The van der Waals surface area contributed by atoms with Crippen LogP contribution < -0.4 is 0 Å². The van der Waals surface area contributed by atoms with Crippen LogP contribution in [-0.2, 0) is 4.79 Å². The van der Waals surface area contributed by atoms with Crippen LogP contribution in [0.3, 0.4) is 0 Å². The van der Waals surface area contributed by atoms with E-state index in [9.17, 15) is 4.79 Å². The number of aromatic nitrogens is 4. The Morgan fingerprint density at radius 3 is 2.68 bits per heavy atom. The van der Waals surface area contributed by atoms with Crippen molar-refractivity contribution in [2.45, 2.75) is 51.5 Å². The van der Waals surface area contributed by atoms with Crippen molar-refractivity contribution in [3.8, 4) is 0 Å². The van der Waals surface area contributed by atoms with Gasteiger partial charge in [0.05, 0.1) is 12.5 Å². The Morgan fingerprint density at radius 1 is 1.42 bits per heavy atom. The van der Waals surface area contributed by atoms with Gasteiger partial charge in [0.1, 0.15) is 0 Å². The Hall–Kier alpha value is -1.46. The minimum Gasteiger partial charge on any atom is -0.481 e. The van der Waals surface area contributed by atoms with Gasteiger partial charge in [-0.25, -0.2) is 4.68 Å². The van der Waals surface area contributed by atoms with E-state index in [2.05, 4.69) is 15.5 Å². The van der Waals surface area contributed by atoms with E-state index in [1.54, 1.807) is 4.68 Å². The molecule has 3 atom stereocenters. The molecule has 2 aliphatic carbocycles. The van der Waals surface area contributed by atoms with Crippen LogP contribution in [0.1, 0.15) is 57.3 Å². The first-order valence-corrected chi connectivity index (χ1v) is 7.09. The van der Waals surface area contributed by atoms with Crippen LogP contribution in [0.4, 0.5) is 0 Å². The molecule has 19 heavy (non-hydrogen) atoms. The molecular formula is C13H20N4O2. The Balaban J connectivity index is 1.84. The van der Waals surface area contributed by atoms with Crippen molar-refractivity contribution in [2.24, 2.45) is 17.8 Å².